The van der Waals surface area contributed by atoms with Crippen molar-refractivity contribution in [2.24, 2.45) is 0 Å². The van der Waals surface area contributed by atoms with Crippen LogP contribution in [-0.4, -0.2) is 22.3 Å². The topological polar surface area (TPSA) is 56.1 Å². The Labute approximate surface area is 161 Å². The Hall–Kier alpha value is -2.50. The Morgan fingerprint density at radius 1 is 1.12 bits per heavy atom. The fourth-order valence-corrected chi connectivity index (χ4v) is 2.66. The van der Waals surface area contributed by atoms with Gasteiger partial charge in [-0.3, -0.25) is 9.48 Å². The van der Waals surface area contributed by atoms with Crippen LogP contribution >= 0.6 is 23.2 Å². The van der Waals surface area contributed by atoms with E-state index in [2.05, 4.69) is 10.4 Å². The number of ether oxygens (including phenoxy) is 1. The molecule has 0 spiro atoms. The van der Waals surface area contributed by atoms with Crippen LogP contribution in [0.25, 0.3) is 0 Å². The molecule has 0 bridgehead atoms. The average molecular weight is 390 g/mol. The van der Waals surface area contributed by atoms with E-state index in [1.807, 2.05) is 41.2 Å². The van der Waals surface area contributed by atoms with Gasteiger partial charge in [-0.05, 0) is 29.3 Å². The fourth-order valence-electron chi connectivity index (χ4n) is 2.33. The van der Waals surface area contributed by atoms with Gasteiger partial charge in [-0.15, -0.1) is 0 Å². The molecule has 1 heterocycles. The van der Waals surface area contributed by atoms with Gasteiger partial charge in [-0.1, -0.05) is 47.5 Å². The van der Waals surface area contributed by atoms with E-state index >= 15 is 0 Å². The highest BCUT2D eigenvalue weighted by Crippen LogP contribution is 2.27. The number of aromatic nitrogens is 2. The van der Waals surface area contributed by atoms with Crippen LogP contribution in [0.15, 0.2) is 60.9 Å². The summed E-state index contributed by atoms with van der Waals surface area (Å²) >= 11 is 11.9. The van der Waals surface area contributed by atoms with Gasteiger partial charge in [0.25, 0.3) is 5.91 Å². The Kier molecular flexibility index (Phi) is 6.15. The lowest BCUT2D eigenvalue weighted by Crippen LogP contribution is -2.28. The molecule has 1 aromatic heterocycles. The Bertz CT molecular complexity index is 865. The highest BCUT2D eigenvalue weighted by Gasteiger charge is 2.07. The molecule has 0 saturated carbocycles. The van der Waals surface area contributed by atoms with Crippen molar-refractivity contribution in [1.82, 2.24) is 15.1 Å². The van der Waals surface area contributed by atoms with Crippen molar-refractivity contribution in [3.8, 4) is 5.75 Å². The number of carbonyl (C=O) groups excluding carboxylic acids is 1. The number of halogens is 2. The van der Waals surface area contributed by atoms with Gasteiger partial charge >= 0.3 is 0 Å². The minimum absolute atomic E-state index is 0.128. The molecule has 0 aliphatic heterocycles. The number of benzene rings is 2. The molecule has 0 radical (unpaired) electrons. The first-order valence-corrected chi connectivity index (χ1v) is 8.75. The molecule has 2 aromatic carbocycles. The molecule has 0 aliphatic carbocycles. The van der Waals surface area contributed by atoms with Crippen molar-refractivity contribution < 1.29 is 9.53 Å². The number of hydrogen-bond acceptors (Lipinski definition) is 3. The normalized spacial score (nSPS) is 10.5. The summed E-state index contributed by atoms with van der Waals surface area (Å²) in [5.74, 6) is 0.152. The second kappa shape index (κ2) is 8.74. The zero-order valence-corrected chi connectivity index (χ0v) is 15.4. The quantitative estimate of drug-likeness (QED) is 0.665. The molecule has 0 atom stereocenters. The zero-order valence-electron chi connectivity index (χ0n) is 13.9. The van der Waals surface area contributed by atoms with Gasteiger partial charge in [-0.25, -0.2) is 0 Å². The predicted molar refractivity (Wildman–Crippen MR) is 102 cm³/mol. The van der Waals surface area contributed by atoms with Crippen LogP contribution in [-0.2, 0) is 17.9 Å². The Morgan fingerprint density at radius 2 is 1.88 bits per heavy atom. The molecular formula is C19H17Cl2N3O2. The van der Waals surface area contributed by atoms with E-state index in [1.54, 1.807) is 24.4 Å². The predicted octanol–water partition coefficient (Wildman–Crippen LogP) is 3.93. The molecule has 3 rings (SSSR count). The number of hydrogen-bond donors (Lipinski definition) is 1. The lowest BCUT2D eigenvalue weighted by molar-refractivity contribution is -0.123. The summed E-state index contributed by atoms with van der Waals surface area (Å²) < 4.78 is 7.26. The maximum Gasteiger partial charge on any atom is 0.258 e. The van der Waals surface area contributed by atoms with Gasteiger partial charge in [0.05, 0.1) is 11.6 Å². The summed E-state index contributed by atoms with van der Waals surface area (Å²) in [6, 6.07) is 14.8. The van der Waals surface area contributed by atoms with E-state index < -0.39 is 0 Å². The van der Waals surface area contributed by atoms with E-state index in [0.29, 0.717) is 28.9 Å². The van der Waals surface area contributed by atoms with Gasteiger partial charge in [-0.2, -0.15) is 5.10 Å². The lowest BCUT2D eigenvalue weighted by Gasteiger charge is -2.09. The number of carbonyl (C=O) groups is 1. The minimum atomic E-state index is -0.235. The van der Waals surface area contributed by atoms with Gasteiger partial charge in [0.15, 0.2) is 6.61 Å². The lowest BCUT2D eigenvalue weighted by atomic mass is 10.1. The molecule has 0 unspecified atom stereocenters. The van der Waals surface area contributed by atoms with Crippen LogP contribution in [0.1, 0.15) is 11.1 Å². The summed E-state index contributed by atoms with van der Waals surface area (Å²) in [5.41, 5.74) is 2.14. The first-order valence-electron chi connectivity index (χ1n) is 8.00. The van der Waals surface area contributed by atoms with Crippen LogP contribution in [0.5, 0.6) is 5.75 Å². The number of nitrogens with zero attached hydrogens (tertiary/aromatic N) is 2. The van der Waals surface area contributed by atoms with Gasteiger partial charge < -0.3 is 10.1 Å². The fraction of sp³-hybridized carbons (Fsp3) is 0.158. The zero-order chi connectivity index (χ0) is 18.4. The minimum Gasteiger partial charge on any atom is -0.482 e. The number of nitrogens with one attached hydrogen (secondary N) is 1. The molecule has 0 saturated heterocycles. The third-order valence-electron chi connectivity index (χ3n) is 3.67. The first kappa shape index (κ1) is 18.3. The maximum atomic E-state index is 11.9. The molecule has 1 amide bonds. The van der Waals surface area contributed by atoms with E-state index in [-0.39, 0.29) is 12.5 Å². The summed E-state index contributed by atoms with van der Waals surface area (Å²) in [6.07, 6.45) is 3.67. The van der Waals surface area contributed by atoms with Gasteiger partial charge in [0.1, 0.15) is 5.75 Å². The second-order valence-electron chi connectivity index (χ2n) is 5.66. The summed E-state index contributed by atoms with van der Waals surface area (Å²) in [5, 5.41) is 7.90. The van der Waals surface area contributed by atoms with Crippen molar-refractivity contribution in [2.45, 2.75) is 13.1 Å². The van der Waals surface area contributed by atoms with Crippen LogP contribution < -0.4 is 10.1 Å². The van der Waals surface area contributed by atoms with Crippen LogP contribution in [0, 0.1) is 0 Å². The molecule has 0 aliphatic rings. The van der Waals surface area contributed by atoms with Gasteiger partial charge in [0.2, 0.25) is 0 Å². The largest absolute Gasteiger partial charge is 0.482 e. The Morgan fingerprint density at radius 3 is 2.62 bits per heavy atom. The van der Waals surface area contributed by atoms with E-state index in [1.165, 1.54) is 0 Å². The molecule has 7 heteroatoms. The summed E-state index contributed by atoms with van der Waals surface area (Å²) in [4.78, 5) is 11.9. The van der Waals surface area contributed by atoms with Crippen LogP contribution in [0.3, 0.4) is 0 Å². The molecule has 26 heavy (non-hydrogen) atoms. The van der Waals surface area contributed by atoms with Crippen molar-refractivity contribution in [3.63, 3.8) is 0 Å². The van der Waals surface area contributed by atoms with Gasteiger partial charge in [0, 0.05) is 30.0 Å². The third kappa shape index (κ3) is 5.25. The molecule has 1 N–H and O–H groups in total. The highest BCUT2D eigenvalue weighted by molar-refractivity contribution is 6.34. The monoisotopic (exact) mass is 389 g/mol. The van der Waals surface area contributed by atoms with Crippen molar-refractivity contribution >= 4 is 29.1 Å². The third-order valence-corrected chi connectivity index (χ3v) is 4.22. The smallest absolute Gasteiger partial charge is 0.258 e. The number of amides is 1. The Balaban J connectivity index is 1.46. The molecule has 0 fully saturated rings. The molecule has 134 valence electrons. The average Bonchev–Trinajstić information content (AvgIpc) is 3.15. The van der Waals surface area contributed by atoms with E-state index in [0.717, 1.165) is 11.1 Å². The van der Waals surface area contributed by atoms with Crippen molar-refractivity contribution in [1.29, 1.82) is 0 Å². The van der Waals surface area contributed by atoms with Crippen molar-refractivity contribution in [2.75, 3.05) is 6.61 Å². The van der Waals surface area contributed by atoms with Crippen molar-refractivity contribution in [3.05, 3.63) is 82.1 Å². The van der Waals surface area contributed by atoms with Crippen LogP contribution in [0.4, 0.5) is 0 Å². The summed E-state index contributed by atoms with van der Waals surface area (Å²) in [7, 11) is 0. The van der Waals surface area contributed by atoms with Crippen LogP contribution in [0.2, 0.25) is 10.0 Å². The molecule has 3 aromatic rings. The number of rotatable bonds is 7. The van der Waals surface area contributed by atoms with E-state index in [9.17, 15) is 4.79 Å². The highest BCUT2D eigenvalue weighted by atomic mass is 35.5. The second-order valence-corrected chi connectivity index (χ2v) is 6.50. The van der Waals surface area contributed by atoms with E-state index in [4.69, 9.17) is 27.9 Å². The molecule has 5 nitrogen and oxygen atoms in total. The molecular weight excluding hydrogens is 373 g/mol. The maximum absolute atomic E-state index is 11.9. The SMILES string of the molecule is O=C(COc1cc(Cl)ccc1Cl)NCc1ccc(Cn2cccn2)cc1. The summed E-state index contributed by atoms with van der Waals surface area (Å²) in [6.45, 7) is 1.01. The first-order chi connectivity index (χ1) is 12.6. The standard InChI is InChI=1S/C19H17Cl2N3O2/c20-16-6-7-17(21)18(10-16)26-13-19(25)22-11-14-2-4-15(5-3-14)12-24-9-1-8-23-24/h1-10H,11-13H2,(H,22,25).